The van der Waals surface area contributed by atoms with E-state index in [0.29, 0.717) is 35.6 Å². The second-order valence-corrected chi connectivity index (χ2v) is 8.80. The van der Waals surface area contributed by atoms with Crippen LogP contribution in [0.15, 0.2) is 12.3 Å². The minimum Gasteiger partial charge on any atom is -0.502 e. The average molecular weight is 449 g/mol. The first-order valence-electron chi connectivity index (χ1n) is 11.6. The Hall–Kier alpha value is -2.15. The standard InChI is InChI=1S/2C8H12O2.C5H8O.C3H4N2O/c2*1-5(9)7-6-3-2-4-10-8(6)7;1-2-4-6-5-3-1;1-3(6)2-5-4/h2*6-8H,2-4H2,1H3;2,4H,1,3,5H2;2H,1H3. The second kappa shape index (κ2) is 13.4. The fraction of sp³-hybridized carbons (Fsp3) is 0.750. The van der Waals surface area contributed by atoms with Crippen LogP contribution < -0.4 is 0 Å². The Morgan fingerprint density at radius 2 is 1.41 bits per heavy atom. The zero-order chi connectivity index (χ0) is 23.5. The number of ketones is 3. The van der Waals surface area contributed by atoms with Crippen LogP contribution in [0.3, 0.4) is 0 Å². The third-order valence-corrected chi connectivity index (χ3v) is 6.18. The molecule has 0 amide bonds. The van der Waals surface area contributed by atoms with Crippen LogP contribution in [0, 0.1) is 23.7 Å². The molecule has 6 atom stereocenters. The van der Waals surface area contributed by atoms with E-state index in [1.54, 1.807) is 20.1 Å². The third kappa shape index (κ3) is 8.41. The van der Waals surface area contributed by atoms with Gasteiger partial charge in [-0.2, -0.15) is 4.79 Å². The zero-order valence-electron chi connectivity index (χ0n) is 19.4. The number of allylic oxidation sites excluding steroid dienone is 1. The molecular formula is C24H36N2O6. The van der Waals surface area contributed by atoms with Crippen molar-refractivity contribution in [1.29, 1.82) is 0 Å². The lowest BCUT2D eigenvalue weighted by Crippen LogP contribution is -2.06. The third-order valence-electron chi connectivity index (χ3n) is 6.18. The lowest BCUT2D eigenvalue weighted by molar-refractivity contribution is -0.120. The Balaban J connectivity index is 0.000000157. The Labute approximate surface area is 190 Å². The summed E-state index contributed by atoms with van der Waals surface area (Å²) in [4.78, 5) is 34.0. The summed E-state index contributed by atoms with van der Waals surface area (Å²) in [6.45, 7) is 7.30. The molecule has 178 valence electrons. The van der Waals surface area contributed by atoms with E-state index in [0.717, 1.165) is 38.9 Å². The van der Waals surface area contributed by atoms with Crippen LogP contribution in [0.1, 0.15) is 59.3 Å². The minimum atomic E-state index is -0.252. The summed E-state index contributed by atoms with van der Waals surface area (Å²) < 4.78 is 15.7. The molecule has 2 saturated heterocycles. The van der Waals surface area contributed by atoms with E-state index in [4.69, 9.17) is 19.7 Å². The van der Waals surface area contributed by atoms with Crippen molar-refractivity contribution in [2.45, 2.75) is 71.5 Å². The zero-order valence-corrected chi connectivity index (χ0v) is 19.4. The van der Waals surface area contributed by atoms with Crippen LogP contribution >= 0.6 is 0 Å². The number of nitrogens with zero attached hydrogens (tertiary/aromatic N) is 2. The van der Waals surface area contributed by atoms with Gasteiger partial charge in [0.1, 0.15) is 11.6 Å². The van der Waals surface area contributed by atoms with E-state index in [2.05, 4.69) is 4.79 Å². The van der Waals surface area contributed by atoms with E-state index in [1.165, 1.54) is 32.6 Å². The number of carbonyl (C=O) groups is 3. The molecule has 0 N–H and O–H groups in total. The summed E-state index contributed by atoms with van der Waals surface area (Å²) in [6, 6.07) is 0. The van der Waals surface area contributed by atoms with Crippen LogP contribution in [0.25, 0.3) is 5.53 Å². The monoisotopic (exact) mass is 448 g/mol. The van der Waals surface area contributed by atoms with Crippen molar-refractivity contribution in [2.75, 3.05) is 19.8 Å². The fourth-order valence-corrected chi connectivity index (χ4v) is 4.54. The molecule has 2 saturated carbocycles. The largest absolute Gasteiger partial charge is 0.502 e. The number of hydrogen-bond acceptors (Lipinski definition) is 6. The van der Waals surface area contributed by atoms with E-state index in [-0.39, 0.29) is 17.6 Å². The van der Waals surface area contributed by atoms with Crippen molar-refractivity contribution in [3.8, 4) is 0 Å². The number of ether oxygens (including phenoxy) is 3. The molecule has 6 unspecified atom stereocenters. The van der Waals surface area contributed by atoms with Gasteiger partial charge in [-0.15, -0.1) is 0 Å². The number of fused-ring (bicyclic) bond motifs is 2. The van der Waals surface area contributed by atoms with Crippen molar-refractivity contribution in [3.05, 3.63) is 17.9 Å². The topological polar surface area (TPSA) is 115 Å². The van der Waals surface area contributed by atoms with Gasteiger partial charge in [-0.25, -0.2) is 0 Å². The van der Waals surface area contributed by atoms with Gasteiger partial charge in [0.15, 0.2) is 0 Å². The molecule has 0 bridgehead atoms. The van der Waals surface area contributed by atoms with Crippen LogP contribution in [0.4, 0.5) is 0 Å². The molecule has 0 aromatic carbocycles. The van der Waals surface area contributed by atoms with Crippen molar-refractivity contribution in [1.82, 2.24) is 0 Å². The van der Waals surface area contributed by atoms with Gasteiger partial charge in [-0.1, -0.05) is 0 Å². The van der Waals surface area contributed by atoms with E-state index in [9.17, 15) is 14.4 Å². The molecule has 0 spiro atoms. The quantitative estimate of drug-likeness (QED) is 0.372. The summed E-state index contributed by atoms with van der Waals surface area (Å²) in [5, 5.41) is 0. The first kappa shape index (κ1) is 26.1. The second-order valence-electron chi connectivity index (χ2n) is 8.80. The SMILES string of the molecule is C1=COCCC1.CC(=O)C1C2CCCOC21.CC(=O)C1C2CCCOC21.CC(=O)C=[N+]=[N-]. The van der Waals surface area contributed by atoms with Gasteiger partial charge >= 0.3 is 6.21 Å². The fourth-order valence-electron chi connectivity index (χ4n) is 4.54. The molecule has 8 nitrogen and oxygen atoms in total. The van der Waals surface area contributed by atoms with E-state index < -0.39 is 0 Å². The first-order chi connectivity index (χ1) is 15.4. The molecule has 4 fully saturated rings. The lowest BCUT2D eigenvalue weighted by atomic mass is 10.1. The Morgan fingerprint density at radius 3 is 1.59 bits per heavy atom. The van der Waals surface area contributed by atoms with Crippen LogP contribution in [-0.4, -0.2) is 60.4 Å². The van der Waals surface area contributed by atoms with Crippen LogP contribution in [-0.2, 0) is 28.6 Å². The number of rotatable bonds is 3. The summed E-state index contributed by atoms with van der Waals surface area (Å²) in [7, 11) is 0. The number of Topliss-reactive ketones (excluding diaryl/α,β-unsaturated/α-hetero) is 3. The van der Waals surface area contributed by atoms with Crippen molar-refractivity contribution < 1.29 is 33.4 Å². The highest BCUT2D eigenvalue weighted by atomic mass is 16.5. The van der Waals surface area contributed by atoms with E-state index >= 15 is 0 Å². The van der Waals surface area contributed by atoms with Crippen molar-refractivity contribution in [3.63, 3.8) is 0 Å². The molecule has 32 heavy (non-hydrogen) atoms. The summed E-state index contributed by atoms with van der Waals surface area (Å²) in [6.07, 6.45) is 12.3. The van der Waals surface area contributed by atoms with Gasteiger partial charge in [0, 0.05) is 32.0 Å². The molecular weight excluding hydrogens is 412 g/mol. The summed E-state index contributed by atoms with van der Waals surface area (Å²) in [5.74, 6) is 2.09. The molecule has 5 aliphatic rings. The number of carbonyl (C=O) groups excluding carboxylic acids is 3. The highest BCUT2D eigenvalue weighted by molar-refractivity contribution is 6.23. The Morgan fingerprint density at radius 1 is 0.875 bits per heavy atom. The smallest absolute Gasteiger partial charge is 0.322 e. The minimum absolute atomic E-state index is 0.252. The molecule has 3 heterocycles. The molecule has 0 aromatic rings. The molecule has 5 rings (SSSR count). The van der Waals surface area contributed by atoms with Crippen molar-refractivity contribution >= 4 is 23.6 Å². The van der Waals surface area contributed by atoms with Gasteiger partial charge in [0.25, 0.3) is 0 Å². The van der Waals surface area contributed by atoms with Gasteiger partial charge in [-0.05, 0) is 70.3 Å². The van der Waals surface area contributed by atoms with Crippen LogP contribution in [0.2, 0.25) is 0 Å². The van der Waals surface area contributed by atoms with Gasteiger partial charge in [0.05, 0.1) is 25.1 Å². The molecule has 3 aliphatic heterocycles. The highest BCUT2D eigenvalue weighted by Gasteiger charge is 2.55. The maximum atomic E-state index is 10.9. The van der Waals surface area contributed by atoms with E-state index in [1.807, 2.05) is 6.08 Å². The summed E-state index contributed by atoms with van der Waals surface area (Å²) >= 11 is 0. The molecule has 0 aromatic heterocycles. The molecule has 0 radical (unpaired) electrons. The molecule has 8 heteroatoms. The summed E-state index contributed by atoms with van der Waals surface area (Å²) in [5.41, 5.74) is 7.59. The van der Waals surface area contributed by atoms with Gasteiger partial charge in [-0.3, -0.25) is 14.4 Å². The predicted octanol–water partition coefficient (Wildman–Crippen LogP) is 3.19. The lowest BCUT2D eigenvalue weighted by Gasteiger charge is -2.07. The van der Waals surface area contributed by atoms with Gasteiger partial charge in [0.2, 0.25) is 5.78 Å². The maximum Gasteiger partial charge on any atom is 0.322 e. The highest BCUT2D eigenvalue weighted by Crippen LogP contribution is 2.48. The maximum absolute atomic E-state index is 10.9. The number of hydrogen-bond donors (Lipinski definition) is 0. The van der Waals surface area contributed by atoms with Crippen LogP contribution in [0.5, 0.6) is 0 Å². The predicted molar refractivity (Wildman–Crippen MR) is 118 cm³/mol. The Kier molecular flexibility index (Phi) is 10.9. The first-order valence-corrected chi connectivity index (χ1v) is 11.6. The van der Waals surface area contributed by atoms with Gasteiger partial charge < -0.3 is 19.7 Å². The average Bonchev–Trinajstić information content (AvgIpc) is 3.68. The van der Waals surface area contributed by atoms with Crippen molar-refractivity contribution in [2.24, 2.45) is 23.7 Å². The normalized spacial score (nSPS) is 32.6. The molecule has 2 aliphatic carbocycles. The Bertz CT molecular complexity index is 660.